The van der Waals surface area contributed by atoms with E-state index in [-0.39, 0.29) is 24.5 Å². The number of hydrogen-bond acceptors (Lipinski definition) is 3. The van der Waals surface area contributed by atoms with Crippen LogP contribution in [0.4, 0.5) is 8.78 Å². The van der Waals surface area contributed by atoms with E-state index < -0.39 is 11.6 Å². The molecule has 0 aliphatic carbocycles. The Morgan fingerprint density at radius 2 is 1.50 bits per heavy atom. The van der Waals surface area contributed by atoms with E-state index in [2.05, 4.69) is 48.7 Å². The number of rotatable bonds is 4. The average molecular weight is 428 g/mol. The van der Waals surface area contributed by atoms with Crippen LogP contribution in [0.25, 0.3) is 0 Å². The summed E-state index contributed by atoms with van der Waals surface area (Å²) < 4.78 is 26.6. The van der Waals surface area contributed by atoms with Crippen LogP contribution < -0.4 is 10.6 Å². The molecule has 0 saturated carbocycles. The lowest BCUT2D eigenvalue weighted by molar-refractivity contribution is 0.506. The second-order valence-electron chi connectivity index (χ2n) is 7.36. The van der Waals surface area contributed by atoms with E-state index in [1.165, 1.54) is 22.8 Å². The zero-order chi connectivity index (χ0) is 20.4. The van der Waals surface area contributed by atoms with Gasteiger partial charge in [-0.2, -0.15) is 0 Å². The van der Waals surface area contributed by atoms with Crippen LogP contribution in [0.1, 0.15) is 39.9 Å². The molecule has 1 heterocycles. The third-order valence-electron chi connectivity index (χ3n) is 5.35. The lowest BCUT2D eigenvalue weighted by atomic mass is 9.90. The van der Waals surface area contributed by atoms with E-state index in [4.69, 9.17) is 4.99 Å². The molecule has 6 heteroatoms. The zero-order valence-electron chi connectivity index (χ0n) is 16.8. The molecular weight excluding hydrogens is 404 g/mol. The maximum absolute atomic E-state index is 13.5. The molecule has 30 heavy (non-hydrogen) atoms. The number of nitrogens with zero attached hydrogens (tertiary/aromatic N) is 1. The van der Waals surface area contributed by atoms with E-state index >= 15 is 0 Å². The van der Waals surface area contributed by atoms with Gasteiger partial charge in [0.1, 0.15) is 6.04 Å². The van der Waals surface area contributed by atoms with E-state index in [0.717, 1.165) is 11.6 Å². The summed E-state index contributed by atoms with van der Waals surface area (Å²) in [6, 6.07) is 20.3. The van der Waals surface area contributed by atoms with Crippen LogP contribution in [0.2, 0.25) is 0 Å². The molecule has 0 radical (unpaired) electrons. The van der Waals surface area contributed by atoms with Crippen molar-refractivity contribution < 1.29 is 8.78 Å². The summed E-state index contributed by atoms with van der Waals surface area (Å²) >= 11 is 0. The minimum absolute atomic E-state index is 0. The van der Waals surface area contributed by atoms with Crippen molar-refractivity contribution in [3.63, 3.8) is 0 Å². The van der Waals surface area contributed by atoms with E-state index in [0.29, 0.717) is 18.1 Å². The first-order valence-corrected chi connectivity index (χ1v) is 9.66. The van der Waals surface area contributed by atoms with Gasteiger partial charge < -0.3 is 10.6 Å². The molecule has 0 unspecified atom stereocenters. The molecule has 0 aromatic heterocycles. The predicted molar refractivity (Wildman–Crippen MR) is 119 cm³/mol. The highest BCUT2D eigenvalue weighted by Crippen LogP contribution is 2.38. The number of nitrogens with one attached hydrogen (secondary N) is 2. The Morgan fingerprint density at radius 1 is 0.867 bits per heavy atom. The number of benzene rings is 3. The van der Waals surface area contributed by atoms with Gasteiger partial charge >= 0.3 is 0 Å². The van der Waals surface area contributed by atoms with Crippen LogP contribution in [0.15, 0.2) is 71.7 Å². The highest BCUT2D eigenvalue weighted by atomic mass is 35.5. The average Bonchev–Trinajstić information content (AvgIpc) is 3.13. The number of guanidine groups is 1. The smallest absolute Gasteiger partial charge is 0.192 e. The van der Waals surface area contributed by atoms with Crippen LogP contribution in [0.3, 0.4) is 0 Å². The van der Waals surface area contributed by atoms with Crippen molar-refractivity contribution in [1.82, 2.24) is 10.6 Å². The Kier molecular flexibility index (Phi) is 6.73. The number of hydrogen-bond donors (Lipinski definition) is 2. The molecule has 4 rings (SSSR count). The molecule has 0 bridgehead atoms. The highest BCUT2D eigenvalue weighted by molar-refractivity contribution is 5.85. The summed E-state index contributed by atoms with van der Waals surface area (Å²) in [5.41, 5.74) is 5.39. The Morgan fingerprint density at radius 3 is 2.13 bits per heavy atom. The summed E-state index contributed by atoms with van der Waals surface area (Å²) in [6.07, 6.45) is 0. The number of halogens is 3. The molecule has 0 saturated heterocycles. The quantitative estimate of drug-likeness (QED) is 0.574. The second-order valence-corrected chi connectivity index (χ2v) is 7.36. The van der Waals surface area contributed by atoms with E-state index in [9.17, 15) is 8.78 Å². The fourth-order valence-corrected chi connectivity index (χ4v) is 3.76. The first-order valence-electron chi connectivity index (χ1n) is 9.66. The van der Waals surface area contributed by atoms with Gasteiger partial charge in [-0.15, -0.1) is 12.4 Å². The predicted octanol–water partition coefficient (Wildman–Crippen LogP) is 5.53. The molecule has 0 spiro atoms. The molecule has 3 aromatic rings. The molecular formula is C24H24ClF2N3. The third-order valence-corrected chi connectivity index (χ3v) is 5.35. The van der Waals surface area contributed by atoms with Gasteiger partial charge in [0.15, 0.2) is 17.6 Å². The molecule has 0 amide bonds. The van der Waals surface area contributed by atoms with Crippen LogP contribution >= 0.6 is 12.4 Å². The number of aryl methyl sites for hydroxylation is 2. The van der Waals surface area contributed by atoms with Gasteiger partial charge in [-0.3, -0.25) is 0 Å². The van der Waals surface area contributed by atoms with Gasteiger partial charge in [0, 0.05) is 6.54 Å². The zero-order valence-corrected chi connectivity index (χ0v) is 17.6. The van der Waals surface area contributed by atoms with Gasteiger partial charge in [0.05, 0.1) is 6.04 Å². The second kappa shape index (κ2) is 9.26. The molecule has 1 aliphatic rings. The van der Waals surface area contributed by atoms with Crippen molar-refractivity contribution in [3.8, 4) is 0 Å². The number of aliphatic imine (C=N–C) groups is 1. The molecule has 156 valence electrons. The lowest BCUT2D eigenvalue weighted by Crippen LogP contribution is -2.35. The van der Waals surface area contributed by atoms with Crippen LogP contribution in [-0.2, 0) is 6.54 Å². The van der Waals surface area contributed by atoms with Crippen molar-refractivity contribution in [3.05, 3.63) is 106 Å². The summed E-state index contributed by atoms with van der Waals surface area (Å²) in [4.78, 5) is 4.90. The monoisotopic (exact) mass is 427 g/mol. The Balaban J connectivity index is 0.00000256. The fraction of sp³-hybridized carbons (Fsp3) is 0.208. The van der Waals surface area contributed by atoms with E-state index in [1.807, 2.05) is 24.3 Å². The van der Waals surface area contributed by atoms with Gasteiger partial charge in [0.2, 0.25) is 0 Å². The molecule has 0 fully saturated rings. The molecule has 3 aromatic carbocycles. The molecule has 3 nitrogen and oxygen atoms in total. The van der Waals surface area contributed by atoms with Crippen molar-refractivity contribution in [2.24, 2.45) is 4.99 Å². The minimum Gasteiger partial charge on any atom is -0.352 e. The molecule has 2 atom stereocenters. The topological polar surface area (TPSA) is 36.4 Å². The summed E-state index contributed by atoms with van der Waals surface area (Å²) in [5.74, 6) is -1.04. The van der Waals surface area contributed by atoms with Gasteiger partial charge in [-0.05, 0) is 53.8 Å². The largest absolute Gasteiger partial charge is 0.352 e. The van der Waals surface area contributed by atoms with Gasteiger partial charge in [0.25, 0.3) is 0 Å². The maximum atomic E-state index is 13.5. The van der Waals surface area contributed by atoms with Crippen molar-refractivity contribution >= 4 is 18.4 Å². The Labute approximate surface area is 181 Å². The van der Waals surface area contributed by atoms with Gasteiger partial charge in [-0.25, -0.2) is 13.8 Å². The normalized spacial score (nSPS) is 17.7. The van der Waals surface area contributed by atoms with Crippen LogP contribution in [-0.4, -0.2) is 5.96 Å². The first kappa shape index (κ1) is 21.8. The van der Waals surface area contributed by atoms with Crippen molar-refractivity contribution in [2.45, 2.75) is 32.5 Å². The van der Waals surface area contributed by atoms with Crippen molar-refractivity contribution in [2.75, 3.05) is 0 Å². The van der Waals surface area contributed by atoms with Gasteiger partial charge in [-0.1, -0.05) is 54.6 Å². The van der Waals surface area contributed by atoms with Crippen LogP contribution in [0.5, 0.6) is 0 Å². The standard InChI is InChI=1S/C24H23F2N3.ClH/c1-15-7-3-5-9-18(15)22-23(19-10-6-4-8-16(19)2)29-24(28-22)27-14-17-11-12-20(25)21(26)13-17;/h3-13,22-23H,14H2,1-2H3,(H2,27,28,29);1H/t22-,23+;. The third kappa shape index (κ3) is 4.46. The minimum atomic E-state index is -0.846. The van der Waals surface area contributed by atoms with Crippen LogP contribution in [0, 0.1) is 25.5 Å². The van der Waals surface area contributed by atoms with E-state index in [1.54, 1.807) is 6.07 Å². The summed E-state index contributed by atoms with van der Waals surface area (Å²) in [7, 11) is 0. The maximum Gasteiger partial charge on any atom is 0.192 e. The Bertz CT molecular complexity index is 1070. The fourth-order valence-electron chi connectivity index (χ4n) is 3.76. The SMILES string of the molecule is Cc1ccccc1[C@H]1N=C(NCc2ccc(F)c(F)c2)N[C@H]1c1ccccc1C.Cl. The highest BCUT2D eigenvalue weighted by Gasteiger charge is 2.32. The summed E-state index contributed by atoms with van der Waals surface area (Å²) in [5, 5.41) is 6.72. The van der Waals surface area contributed by atoms with Crippen molar-refractivity contribution in [1.29, 1.82) is 0 Å². The lowest BCUT2D eigenvalue weighted by Gasteiger charge is -2.22. The summed E-state index contributed by atoms with van der Waals surface area (Å²) in [6.45, 7) is 4.54. The molecule has 1 aliphatic heterocycles. The first-order chi connectivity index (χ1) is 14.0. The molecule has 2 N–H and O–H groups in total. The Hall–Kier alpha value is -2.92.